The highest BCUT2D eigenvalue weighted by atomic mass is 32.3. The number of carbonyl (C=O) groups excluding carboxylic acids is 2. The maximum absolute atomic E-state index is 13.9. The molecule has 0 aliphatic heterocycles. The molecule has 0 unspecified atom stereocenters. The Kier molecular flexibility index (Phi) is 8.89. The molecule has 0 atom stereocenters. The SMILES string of the molecule is Cc1cc(C(=O)OCc2ccccc2)cc(C)c1OC(=O)c1c2ccccc2[n+](C)c2cc3ccccc3cc12.O=S(=O)([O-])F. The van der Waals surface area contributed by atoms with E-state index in [0.717, 1.165) is 38.1 Å². The Balaban J connectivity index is 0.000000743. The fraction of sp³-hybridized carbons (Fsp3) is 0.114. The number of aryl methyl sites for hydroxylation is 3. The summed E-state index contributed by atoms with van der Waals surface area (Å²) in [5.74, 6) is -0.425. The van der Waals surface area contributed by atoms with Crippen molar-refractivity contribution in [2.45, 2.75) is 20.5 Å². The zero-order valence-corrected chi connectivity index (χ0v) is 25.4. The van der Waals surface area contributed by atoms with Crippen molar-refractivity contribution in [1.29, 1.82) is 0 Å². The molecule has 8 nitrogen and oxygen atoms in total. The van der Waals surface area contributed by atoms with E-state index in [4.69, 9.17) is 22.4 Å². The van der Waals surface area contributed by atoms with E-state index in [1.165, 1.54) is 0 Å². The number of ether oxygens (including phenoxy) is 2. The molecule has 228 valence electrons. The van der Waals surface area contributed by atoms with Gasteiger partial charge >= 0.3 is 11.9 Å². The molecule has 0 bridgehead atoms. The molecule has 0 fully saturated rings. The van der Waals surface area contributed by atoms with Crippen molar-refractivity contribution in [2.75, 3.05) is 0 Å². The van der Waals surface area contributed by atoms with Crippen molar-refractivity contribution >= 4 is 55.0 Å². The van der Waals surface area contributed by atoms with Gasteiger partial charge in [0.15, 0.2) is 0 Å². The van der Waals surface area contributed by atoms with Crippen LogP contribution in [-0.4, -0.2) is 24.9 Å². The van der Waals surface area contributed by atoms with Crippen LogP contribution in [0.1, 0.15) is 37.4 Å². The zero-order valence-electron chi connectivity index (χ0n) is 24.6. The van der Waals surface area contributed by atoms with Crippen LogP contribution in [0.4, 0.5) is 3.89 Å². The number of para-hydroxylation sites is 1. The van der Waals surface area contributed by atoms with Gasteiger partial charge < -0.3 is 14.0 Å². The Labute approximate surface area is 259 Å². The Hall–Kier alpha value is -5.19. The number of carbonyl (C=O) groups is 2. The normalized spacial score (nSPS) is 11.2. The topological polar surface area (TPSA) is 114 Å². The molecule has 45 heavy (non-hydrogen) atoms. The van der Waals surface area contributed by atoms with Gasteiger partial charge in [-0.3, -0.25) is 0 Å². The predicted molar refractivity (Wildman–Crippen MR) is 167 cm³/mol. The van der Waals surface area contributed by atoms with Crippen molar-refractivity contribution in [1.82, 2.24) is 0 Å². The predicted octanol–water partition coefficient (Wildman–Crippen LogP) is 6.58. The maximum atomic E-state index is 13.9. The van der Waals surface area contributed by atoms with Crippen molar-refractivity contribution in [3.63, 3.8) is 0 Å². The molecule has 0 N–H and O–H groups in total. The summed E-state index contributed by atoms with van der Waals surface area (Å²) in [6, 6.07) is 33.1. The van der Waals surface area contributed by atoms with Crippen molar-refractivity contribution < 1.29 is 40.5 Å². The lowest BCUT2D eigenvalue weighted by molar-refractivity contribution is -0.617. The first-order valence-corrected chi connectivity index (χ1v) is 15.1. The third-order valence-electron chi connectivity index (χ3n) is 7.34. The van der Waals surface area contributed by atoms with Gasteiger partial charge in [0.05, 0.1) is 21.9 Å². The van der Waals surface area contributed by atoms with E-state index in [2.05, 4.69) is 22.8 Å². The number of benzene rings is 5. The minimum Gasteiger partial charge on any atom is -0.722 e. The second-order valence-corrected chi connectivity index (χ2v) is 11.2. The van der Waals surface area contributed by atoms with Gasteiger partial charge in [0.2, 0.25) is 11.0 Å². The summed E-state index contributed by atoms with van der Waals surface area (Å²) in [5, 5.41) is 3.78. The fourth-order valence-electron chi connectivity index (χ4n) is 5.36. The molecule has 0 amide bonds. The summed E-state index contributed by atoms with van der Waals surface area (Å²) in [6.45, 7) is 3.85. The average molecular weight is 626 g/mol. The smallest absolute Gasteiger partial charge is 0.345 e. The van der Waals surface area contributed by atoms with Crippen LogP contribution in [0.25, 0.3) is 32.6 Å². The third kappa shape index (κ3) is 7.14. The van der Waals surface area contributed by atoms with E-state index in [1.807, 2.05) is 93.7 Å². The summed E-state index contributed by atoms with van der Waals surface area (Å²) >= 11 is 0. The molecule has 0 aliphatic carbocycles. The largest absolute Gasteiger partial charge is 0.722 e. The van der Waals surface area contributed by atoms with Crippen LogP contribution in [-0.2, 0) is 28.9 Å². The van der Waals surface area contributed by atoms with Gasteiger partial charge in [0, 0.05) is 12.1 Å². The summed E-state index contributed by atoms with van der Waals surface area (Å²) in [5.41, 5.74) is 5.08. The lowest BCUT2D eigenvalue weighted by Crippen LogP contribution is -2.31. The molecule has 0 radical (unpaired) electrons. The molecule has 0 aliphatic rings. The van der Waals surface area contributed by atoms with Crippen molar-refractivity contribution in [3.8, 4) is 5.75 Å². The standard InChI is InChI=1S/C35H28NO4.FHO3S/c1-22-17-27(34(37)39-21-24-11-5-4-6-12-24)18-23(2)33(22)40-35(38)32-28-15-9-10-16-30(28)36(3)31-20-26-14-8-7-13-25(26)19-29(31)32;1-5(2,3)4/h4-20H,21H2,1-3H3;(H,2,3,4)/q+1;/p-1. The molecule has 0 spiro atoms. The fourth-order valence-corrected chi connectivity index (χ4v) is 5.36. The number of pyridine rings is 1. The number of fused-ring (bicyclic) bond motifs is 3. The van der Waals surface area contributed by atoms with Crippen LogP contribution in [0.3, 0.4) is 0 Å². The summed E-state index contributed by atoms with van der Waals surface area (Å²) in [6.07, 6.45) is 0. The molecule has 0 saturated heterocycles. The highest BCUT2D eigenvalue weighted by Crippen LogP contribution is 2.32. The Morgan fingerprint density at radius 2 is 1.31 bits per heavy atom. The molecular formula is C35H28FNO7S. The Morgan fingerprint density at radius 3 is 1.96 bits per heavy atom. The molecule has 10 heteroatoms. The lowest BCUT2D eigenvalue weighted by atomic mass is 9.98. The van der Waals surface area contributed by atoms with E-state index in [-0.39, 0.29) is 6.61 Å². The van der Waals surface area contributed by atoms with E-state index in [1.54, 1.807) is 12.1 Å². The molecule has 1 heterocycles. The van der Waals surface area contributed by atoms with Crippen molar-refractivity contribution in [3.05, 3.63) is 131 Å². The minimum atomic E-state index is -5.42. The van der Waals surface area contributed by atoms with Gasteiger partial charge in [-0.2, -0.15) is 4.57 Å². The Bertz CT molecular complexity index is 2170. The molecule has 5 aromatic carbocycles. The highest BCUT2D eigenvalue weighted by molar-refractivity contribution is 7.80. The van der Waals surface area contributed by atoms with Crippen LogP contribution in [0.15, 0.2) is 103 Å². The molecular weight excluding hydrogens is 597 g/mol. The number of hydrogen-bond donors (Lipinski definition) is 0. The second-order valence-electron chi connectivity index (χ2n) is 10.5. The second kappa shape index (κ2) is 12.8. The van der Waals surface area contributed by atoms with E-state index in [9.17, 15) is 13.5 Å². The quantitative estimate of drug-likeness (QED) is 0.0531. The highest BCUT2D eigenvalue weighted by Gasteiger charge is 2.25. The van der Waals surface area contributed by atoms with Crippen LogP contribution < -0.4 is 9.30 Å². The average Bonchev–Trinajstić information content (AvgIpc) is 3.00. The number of aromatic nitrogens is 1. The van der Waals surface area contributed by atoms with Gasteiger partial charge in [-0.25, -0.2) is 18.0 Å². The summed E-state index contributed by atoms with van der Waals surface area (Å²) in [4.78, 5) is 26.7. The van der Waals surface area contributed by atoms with Crippen LogP contribution in [0.2, 0.25) is 0 Å². The lowest BCUT2D eigenvalue weighted by Gasteiger charge is -2.15. The number of esters is 2. The van der Waals surface area contributed by atoms with Crippen LogP contribution >= 0.6 is 0 Å². The van der Waals surface area contributed by atoms with E-state index < -0.39 is 22.4 Å². The number of halogens is 1. The first-order valence-electron chi connectivity index (χ1n) is 13.8. The molecule has 1 aromatic heterocycles. The summed E-state index contributed by atoms with van der Waals surface area (Å²) in [7, 11) is -3.40. The Morgan fingerprint density at radius 1 is 0.756 bits per heavy atom. The van der Waals surface area contributed by atoms with E-state index in [0.29, 0.717) is 28.0 Å². The van der Waals surface area contributed by atoms with Crippen LogP contribution in [0.5, 0.6) is 5.75 Å². The molecule has 6 aromatic rings. The van der Waals surface area contributed by atoms with Gasteiger partial charge in [-0.1, -0.05) is 66.7 Å². The van der Waals surface area contributed by atoms with E-state index >= 15 is 0 Å². The number of nitrogens with zero attached hydrogens (tertiary/aromatic N) is 1. The van der Waals surface area contributed by atoms with Gasteiger partial charge in [0.1, 0.15) is 19.4 Å². The minimum absolute atomic E-state index is 0.189. The first-order chi connectivity index (χ1) is 21.4. The number of hydrogen-bond acceptors (Lipinski definition) is 7. The molecule has 0 saturated carbocycles. The maximum Gasteiger partial charge on any atom is 0.345 e. The monoisotopic (exact) mass is 625 g/mol. The zero-order chi connectivity index (χ0) is 32.3. The molecule has 6 rings (SSSR count). The van der Waals surface area contributed by atoms with Gasteiger partial charge in [-0.15, -0.1) is 3.89 Å². The van der Waals surface area contributed by atoms with Gasteiger partial charge in [0.25, 0.3) is 10.5 Å². The summed E-state index contributed by atoms with van der Waals surface area (Å²) < 4.78 is 49.0. The first kappa shape index (κ1) is 31.2. The van der Waals surface area contributed by atoms with Gasteiger partial charge in [-0.05, 0) is 65.6 Å². The van der Waals surface area contributed by atoms with Crippen LogP contribution in [0, 0.1) is 13.8 Å². The van der Waals surface area contributed by atoms with Crippen molar-refractivity contribution in [2.24, 2.45) is 7.05 Å². The third-order valence-corrected chi connectivity index (χ3v) is 7.34. The number of rotatable bonds is 5.